The summed E-state index contributed by atoms with van der Waals surface area (Å²) in [5.74, 6) is 1.79. The first-order valence-electron chi connectivity index (χ1n) is 9.25. The minimum Gasteiger partial charge on any atom is -0.487 e. The number of ether oxygens (including phenoxy) is 2. The van der Waals surface area contributed by atoms with Crippen LogP contribution in [0.5, 0.6) is 11.5 Å². The number of rotatable bonds is 5. The number of halogens is 1. The molecule has 0 aromatic heterocycles. The van der Waals surface area contributed by atoms with Crippen molar-refractivity contribution < 1.29 is 14.3 Å². The Bertz CT molecular complexity index is 832. The van der Waals surface area contributed by atoms with Crippen LogP contribution in [0.15, 0.2) is 46.9 Å². The van der Waals surface area contributed by atoms with Crippen molar-refractivity contribution in [2.24, 2.45) is 0 Å². The summed E-state index contributed by atoms with van der Waals surface area (Å²) in [4.78, 5) is 12.5. The summed E-state index contributed by atoms with van der Waals surface area (Å²) in [6.45, 7) is 8.32. The van der Waals surface area contributed by atoms with E-state index < -0.39 is 0 Å². The SMILES string of the molecule is CC(C)c1ccc(OCC(=O)N[C@H]2CC(C)(C)Oc3ccccc32)c(Br)c1. The van der Waals surface area contributed by atoms with Crippen LogP contribution in [0.4, 0.5) is 0 Å². The highest BCUT2D eigenvalue weighted by atomic mass is 79.9. The van der Waals surface area contributed by atoms with Crippen molar-refractivity contribution in [1.82, 2.24) is 5.32 Å². The van der Waals surface area contributed by atoms with Crippen LogP contribution in [0.1, 0.15) is 57.2 Å². The maximum Gasteiger partial charge on any atom is 0.258 e. The smallest absolute Gasteiger partial charge is 0.258 e. The predicted octanol–water partition coefficient (Wildman–Crippen LogP) is 5.37. The molecule has 1 atom stereocenters. The maximum absolute atomic E-state index is 12.5. The van der Waals surface area contributed by atoms with Crippen molar-refractivity contribution >= 4 is 21.8 Å². The zero-order valence-corrected chi connectivity index (χ0v) is 17.8. The first-order chi connectivity index (χ1) is 12.7. The molecule has 0 unspecified atom stereocenters. The van der Waals surface area contributed by atoms with E-state index in [1.165, 1.54) is 5.56 Å². The Morgan fingerprint density at radius 1 is 1.30 bits per heavy atom. The molecule has 1 heterocycles. The molecular formula is C22H26BrNO3. The van der Waals surface area contributed by atoms with E-state index in [4.69, 9.17) is 9.47 Å². The van der Waals surface area contributed by atoms with Gasteiger partial charge in [0.1, 0.15) is 17.1 Å². The number of fused-ring (bicyclic) bond motifs is 1. The van der Waals surface area contributed by atoms with Crippen LogP contribution in [0.2, 0.25) is 0 Å². The predicted molar refractivity (Wildman–Crippen MR) is 110 cm³/mol. The Labute approximate surface area is 169 Å². The van der Waals surface area contributed by atoms with Gasteiger partial charge in [-0.3, -0.25) is 4.79 Å². The van der Waals surface area contributed by atoms with E-state index >= 15 is 0 Å². The summed E-state index contributed by atoms with van der Waals surface area (Å²) < 4.78 is 12.6. The van der Waals surface area contributed by atoms with Crippen molar-refractivity contribution in [3.05, 3.63) is 58.1 Å². The van der Waals surface area contributed by atoms with Crippen LogP contribution in [0, 0.1) is 0 Å². The molecule has 1 amide bonds. The third-order valence-electron chi connectivity index (χ3n) is 4.69. The largest absolute Gasteiger partial charge is 0.487 e. The van der Waals surface area contributed by atoms with Crippen LogP contribution in [0.3, 0.4) is 0 Å². The summed E-state index contributed by atoms with van der Waals surface area (Å²) in [6.07, 6.45) is 0.711. The highest BCUT2D eigenvalue weighted by molar-refractivity contribution is 9.10. The van der Waals surface area contributed by atoms with Gasteiger partial charge in [0.2, 0.25) is 0 Å². The number of benzene rings is 2. The Hall–Kier alpha value is -2.01. The van der Waals surface area contributed by atoms with Crippen LogP contribution < -0.4 is 14.8 Å². The van der Waals surface area contributed by atoms with Gasteiger partial charge in [-0.2, -0.15) is 0 Å². The number of hydrogen-bond acceptors (Lipinski definition) is 3. The average molecular weight is 432 g/mol. The van der Waals surface area contributed by atoms with E-state index in [-0.39, 0.29) is 24.2 Å². The fourth-order valence-electron chi connectivity index (χ4n) is 3.30. The summed E-state index contributed by atoms with van der Waals surface area (Å²) >= 11 is 3.53. The third-order valence-corrected chi connectivity index (χ3v) is 5.31. The first-order valence-corrected chi connectivity index (χ1v) is 10.0. The first kappa shape index (κ1) is 19.7. The number of amides is 1. The fraction of sp³-hybridized carbons (Fsp3) is 0.409. The molecule has 5 heteroatoms. The molecule has 0 fully saturated rings. The van der Waals surface area contributed by atoms with E-state index in [1.807, 2.05) is 56.3 Å². The Balaban J connectivity index is 1.65. The molecule has 0 spiro atoms. The van der Waals surface area contributed by atoms with Crippen molar-refractivity contribution in [2.45, 2.75) is 51.7 Å². The number of hydrogen-bond donors (Lipinski definition) is 1. The molecule has 1 aliphatic rings. The van der Waals surface area contributed by atoms with Gasteiger partial charge < -0.3 is 14.8 Å². The number of para-hydroxylation sites is 1. The van der Waals surface area contributed by atoms with Gasteiger partial charge in [0.15, 0.2) is 6.61 Å². The molecule has 2 aromatic rings. The molecular weight excluding hydrogens is 406 g/mol. The van der Waals surface area contributed by atoms with Crippen LogP contribution in [0.25, 0.3) is 0 Å². The van der Waals surface area contributed by atoms with Crippen molar-refractivity contribution in [3.63, 3.8) is 0 Å². The van der Waals surface area contributed by atoms with Gasteiger partial charge in [-0.1, -0.05) is 38.1 Å². The lowest BCUT2D eigenvalue weighted by atomic mass is 9.90. The monoisotopic (exact) mass is 431 g/mol. The lowest BCUT2D eigenvalue weighted by Gasteiger charge is -2.37. The van der Waals surface area contributed by atoms with Crippen LogP contribution in [-0.2, 0) is 4.79 Å². The van der Waals surface area contributed by atoms with Gasteiger partial charge in [0.05, 0.1) is 10.5 Å². The van der Waals surface area contributed by atoms with Crippen LogP contribution in [-0.4, -0.2) is 18.1 Å². The normalized spacial score (nSPS) is 17.8. The van der Waals surface area contributed by atoms with Gasteiger partial charge in [0, 0.05) is 12.0 Å². The Morgan fingerprint density at radius 3 is 2.74 bits per heavy atom. The molecule has 144 valence electrons. The molecule has 0 radical (unpaired) electrons. The topological polar surface area (TPSA) is 47.6 Å². The zero-order valence-electron chi connectivity index (χ0n) is 16.2. The maximum atomic E-state index is 12.5. The molecule has 1 N–H and O–H groups in total. The highest BCUT2D eigenvalue weighted by Crippen LogP contribution is 2.39. The van der Waals surface area contributed by atoms with Crippen molar-refractivity contribution in [1.29, 1.82) is 0 Å². The van der Waals surface area contributed by atoms with Gasteiger partial charge in [0.25, 0.3) is 5.91 Å². The molecule has 27 heavy (non-hydrogen) atoms. The van der Waals surface area contributed by atoms with E-state index in [2.05, 4.69) is 35.1 Å². The van der Waals surface area contributed by atoms with Crippen LogP contribution >= 0.6 is 15.9 Å². The second kappa shape index (κ2) is 7.93. The molecule has 3 rings (SSSR count). The molecule has 1 aliphatic heterocycles. The summed E-state index contributed by atoms with van der Waals surface area (Å²) in [5, 5.41) is 3.09. The fourth-order valence-corrected chi connectivity index (χ4v) is 3.81. The average Bonchev–Trinajstić information content (AvgIpc) is 2.59. The van der Waals surface area contributed by atoms with Gasteiger partial charge in [-0.05, 0) is 59.5 Å². The zero-order chi connectivity index (χ0) is 19.6. The lowest BCUT2D eigenvalue weighted by molar-refractivity contribution is -0.124. The third kappa shape index (κ3) is 4.83. The minimum absolute atomic E-state index is 0.0282. The summed E-state index contributed by atoms with van der Waals surface area (Å²) in [7, 11) is 0. The molecule has 0 aliphatic carbocycles. The van der Waals surface area contributed by atoms with Crippen molar-refractivity contribution in [2.75, 3.05) is 6.61 Å². The molecule has 2 aromatic carbocycles. The molecule has 0 saturated heterocycles. The quantitative estimate of drug-likeness (QED) is 0.691. The standard InChI is InChI=1S/C22H26BrNO3/c1-14(2)15-9-10-20(17(23)11-15)26-13-21(25)24-18-12-22(3,4)27-19-8-6-5-7-16(18)19/h5-11,14,18H,12-13H2,1-4H3,(H,24,25)/t18-/m0/s1. The summed E-state index contributed by atoms with van der Waals surface area (Å²) in [6, 6.07) is 13.7. The van der Waals surface area contributed by atoms with Gasteiger partial charge >= 0.3 is 0 Å². The van der Waals surface area contributed by atoms with Gasteiger partial charge in [-0.15, -0.1) is 0 Å². The second-order valence-electron chi connectivity index (χ2n) is 7.86. The van der Waals surface area contributed by atoms with Crippen molar-refractivity contribution in [3.8, 4) is 11.5 Å². The Kier molecular flexibility index (Phi) is 5.80. The summed E-state index contributed by atoms with van der Waals surface area (Å²) in [5.41, 5.74) is 1.90. The molecule has 4 nitrogen and oxygen atoms in total. The number of carbonyl (C=O) groups excluding carboxylic acids is 1. The molecule has 0 saturated carbocycles. The molecule has 0 bridgehead atoms. The number of carbonyl (C=O) groups is 1. The van der Waals surface area contributed by atoms with E-state index in [0.717, 1.165) is 15.8 Å². The Morgan fingerprint density at radius 2 is 2.04 bits per heavy atom. The lowest BCUT2D eigenvalue weighted by Crippen LogP contribution is -2.42. The second-order valence-corrected chi connectivity index (χ2v) is 8.71. The number of nitrogens with one attached hydrogen (secondary N) is 1. The highest BCUT2D eigenvalue weighted by Gasteiger charge is 2.34. The van der Waals surface area contributed by atoms with E-state index in [0.29, 0.717) is 18.1 Å². The van der Waals surface area contributed by atoms with Gasteiger partial charge in [-0.25, -0.2) is 0 Å². The van der Waals surface area contributed by atoms with E-state index in [9.17, 15) is 4.79 Å². The minimum atomic E-state index is -0.330. The van der Waals surface area contributed by atoms with E-state index in [1.54, 1.807) is 0 Å².